The van der Waals surface area contributed by atoms with Crippen LogP contribution in [0.4, 0.5) is 0 Å². The molecular formula is C13H24O2. The van der Waals surface area contributed by atoms with Crippen LogP contribution in [-0.4, -0.2) is 12.1 Å². The van der Waals surface area contributed by atoms with E-state index in [0.717, 1.165) is 37.7 Å². The number of hydrogen-bond donors (Lipinski definition) is 0. The zero-order valence-corrected chi connectivity index (χ0v) is 10.3. The van der Waals surface area contributed by atoms with E-state index >= 15 is 0 Å². The summed E-state index contributed by atoms with van der Waals surface area (Å²) in [5.74, 6) is -0.0854. The minimum absolute atomic E-state index is 0.0854. The summed E-state index contributed by atoms with van der Waals surface area (Å²) in [6.07, 6.45) is 5.68. The van der Waals surface area contributed by atoms with Crippen LogP contribution < -0.4 is 0 Å². The van der Waals surface area contributed by atoms with Gasteiger partial charge in [-0.05, 0) is 26.2 Å². The Morgan fingerprint density at radius 3 is 2.47 bits per heavy atom. The summed E-state index contributed by atoms with van der Waals surface area (Å²) in [4.78, 5) is 11.2. The summed E-state index contributed by atoms with van der Waals surface area (Å²) in [5.41, 5.74) is 1.16. The molecule has 0 aromatic rings. The van der Waals surface area contributed by atoms with Crippen molar-refractivity contribution in [3.8, 4) is 0 Å². The Morgan fingerprint density at radius 2 is 2.00 bits per heavy atom. The zero-order chi connectivity index (χ0) is 11.7. The maximum atomic E-state index is 11.2. The van der Waals surface area contributed by atoms with Gasteiger partial charge in [-0.3, -0.25) is 4.79 Å². The van der Waals surface area contributed by atoms with Gasteiger partial charge in [0, 0.05) is 6.42 Å². The lowest BCUT2D eigenvalue weighted by Gasteiger charge is -2.17. The molecule has 0 aliphatic heterocycles. The second-order valence-corrected chi connectivity index (χ2v) is 4.10. The second-order valence-electron chi connectivity index (χ2n) is 4.10. The van der Waals surface area contributed by atoms with Crippen molar-refractivity contribution in [1.29, 1.82) is 0 Å². The van der Waals surface area contributed by atoms with E-state index in [1.165, 1.54) is 0 Å². The molecular weight excluding hydrogens is 188 g/mol. The predicted octanol–water partition coefficient (Wildman–Crippen LogP) is 3.85. The van der Waals surface area contributed by atoms with Crippen LogP contribution in [0.3, 0.4) is 0 Å². The fraction of sp³-hybridized carbons (Fsp3) is 0.769. The van der Waals surface area contributed by atoms with Crippen LogP contribution in [0, 0.1) is 0 Å². The average Bonchev–Trinajstić information content (AvgIpc) is 2.21. The lowest BCUT2D eigenvalue weighted by atomic mass is 10.0. The first-order valence-corrected chi connectivity index (χ1v) is 5.94. The van der Waals surface area contributed by atoms with E-state index in [1.807, 2.05) is 13.8 Å². The fourth-order valence-electron chi connectivity index (χ4n) is 1.37. The Kier molecular flexibility index (Phi) is 8.06. The van der Waals surface area contributed by atoms with Crippen molar-refractivity contribution >= 4 is 5.97 Å². The predicted molar refractivity (Wildman–Crippen MR) is 63.7 cm³/mol. The Hall–Kier alpha value is -0.790. The van der Waals surface area contributed by atoms with Gasteiger partial charge in [0.25, 0.3) is 0 Å². The summed E-state index contributed by atoms with van der Waals surface area (Å²) < 4.78 is 5.37. The minimum atomic E-state index is -0.0854. The number of ether oxygens (including phenoxy) is 1. The van der Waals surface area contributed by atoms with Gasteiger partial charge in [0.15, 0.2) is 0 Å². The largest absolute Gasteiger partial charge is 0.462 e. The molecule has 2 heteroatoms. The summed E-state index contributed by atoms with van der Waals surface area (Å²) in [5, 5.41) is 0. The molecule has 1 atom stereocenters. The molecule has 1 unspecified atom stereocenters. The molecule has 0 aliphatic carbocycles. The Bertz CT molecular complexity index is 197. The van der Waals surface area contributed by atoms with Gasteiger partial charge in [0.1, 0.15) is 6.10 Å². The molecule has 0 aromatic heterocycles. The first-order valence-electron chi connectivity index (χ1n) is 5.94. The van der Waals surface area contributed by atoms with Gasteiger partial charge in [-0.25, -0.2) is 0 Å². The van der Waals surface area contributed by atoms with Crippen LogP contribution in [0.1, 0.15) is 59.3 Å². The molecule has 0 aliphatic rings. The maximum absolute atomic E-state index is 11.2. The van der Waals surface area contributed by atoms with E-state index in [2.05, 4.69) is 13.5 Å². The van der Waals surface area contributed by atoms with Crippen LogP contribution >= 0.6 is 0 Å². The summed E-state index contributed by atoms with van der Waals surface area (Å²) >= 11 is 0. The van der Waals surface area contributed by atoms with Gasteiger partial charge >= 0.3 is 5.97 Å². The summed E-state index contributed by atoms with van der Waals surface area (Å²) in [7, 11) is 0. The number of carbonyl (C=O) groups is 1. The fourth-order valence-corrected chi connectivity index (χ4v) is 1.37. The van der Waals surface area contributed by atoms with Crippen molar-refractivity contribution < 1.29 is 9.53 Å². The van der Waals surface area contributed by atoms with Crippen LogP contribution in [0.25, 0.3) is 0 Å². The molecule has 15 heavy (non-hydrogen) atoms. The van der Waals surface area contributed by atoms with Crippen molar-refractivity contribution in [2.45, 2.75) is 65.4 Å². The minimum Gasteiger partial charge on any atom is -0.462 e. The molecule has 0 rings (SSSR count). The smallest absolute Gasteiger partial charge is 0.305 e. The third kappa shape index (κ3) is 8.22. The first kappa shape index (κ1) is 14.2. The molecule has 88 valence electrons. The Labute approximate surface area is 93.7 Å². The third-order valence-electron chi connectivity index (χ3n) is 2.36. The lowest BCUT2D eigenvalue weighted by Crippen LogP contribution is -2.17. The number of hydrogen-bond acceptors (Lipinski definition) is 2. The third-order valence-corrected chi connectivity index (χ3v) is 2.36. The molecule has 0 amide bonds. The number of carbonyl (C=O) groups excluding carboxylic acids is 1. The van der Waals surface area contributed by atoms with Crippen molar-refractivity contribution in [3.63, 3.8) is 0 Å². The molecule has 0 bridgehead atoms. The average molecular weight is 212 g/mol. The van der Waals surface area contributed by atoms with Gasteiger partial charge in [-0.2, -0.15) is 0 Å². The highest BCUT2D eigenvalue weighted by Gasteiger charge is 2.12. The van der Waals surface area contributed by atoms with Crippen molar-refractivity contribution in [3.05, 3.63) is 12.2 Å². The van der Waals surface area contributed by atoms with Gasteiger partial charge in [-0.1, -0.05) is 32.3 Å². The topological polar surface area (TPSA) is 26.3 Å². The molecule has 0 N–H and O–H groups in total. The molecule has 0 radical (unpaired) electrons. The van der Waals surface area contributed by atoms with Crippen LogP contribution in [0.15, 0.2) is 12.2 Å². The van der Waals surface area contributed by atoms with Crippen LogP contribution in [0.2, 0.25) is 0 Å². The van der Waals surface area contributed by atoms with Crippen LogP contribution in [-0.2, 0) is 9.53 Å². The van der Waals surface area contributed by atoms with Gasteiger partial charge in [-0.15, -0.1) is 6.58 Å². The van der Waals surface area contributed by atoms with E-state index in [9.17, 15) is 4.79 Å². The molecule has 0 heterocycles. The van der Waals surface area contributed by atoms with E-state index in [0.29, 0.717) is 6.42 Å². The highest BCUT2D eigenvalue weighted by Crippen LogP contribution is 2.14. The first-order chi connectivity index (χ1) is 7.10. The Morgan fingerprint density at radius 1 is 1.33 bits per heavy atom. The maximum Gasteiger partial charge on any atom is 0.305 e. The van der Waals surface area contributed by atoms with Gasteiger partial charge < -0.3 is 4.74 Å². The monoisotopic (exact) mass is 212 g/mol. The van der Waals surface area contributed by atoms with Crippen molar-refractivity contribution in [1.82, 2.24) is 0 Å². The lowest BCUT2D eigenvalue weighted by molar-refractivity contribution is -0.149. The quantitative estimate of drug-likeness (QED) is 0.451. The second kappa shape index (κ2) is 8.51. The molecule has 0 saturated carbocycles. The SMILES string of the molecule is C=C(C)CCC(CCCC)OC(=O)CC. The van der Waals surface area contributed by atoms with Gasteiger partial charge in [0.05, 0.1) is 0 Å². The van der Waals surface area contributed by atoms with E-state index < -0.39 is 0 Å². The molecule has 0 aromatic carbocycles. The van der Waals surface area contributed by atoms with E-state index in [1.54, 1.807) is 0 Å². The zero-order valence-electron chi connectivity index (χ0n) is 10.3. The summed E-state index contributed by atoms with van der Waals surface area (Å²) in [6.45, 7) is 9.86. The molecule has 0 saturated heterocycles. The standard InChI is InChI=1S/C13H24O2/c1-5-7-8-12(10-9-11(3)4)15-13(14)6-2/h12H,3,5-10H2,1-2,4H3. The highest BCUT2D eigenvalue weighted by atomic mass is 16.5. The van der Waals surface area contributed by atoms with Crippen LogP contribution in [0.5, 0.6) is 0 Å². The number of unbranched alkanes of at least 4 members (excludes halogenated alkanes) is 1. The van der Waals surface area contributed by atoms with Gasteiger partial charge in [0.2, 0.25) is 0 Å². The van der Waals surface area contributed by atoms with Crippen molar-refractivity contribution in [2.75, 3.05) is 0 Å². The Balaban J connectivity index is 3.93. The number of esters is 1. The van der Waals surface area contributed by atoms with E-state index in [-0.39, 0.29) is 12.1 Å². The number of rotatable bonds is 8. The van der Waals surface area contributed by atoms with Crippen molar-refractivity contribution in [2.24, 2.45) is 0 Å². The molecule has 2 nitrogen and oxygen atoms in total. The molecule has 0 spiro atoms. The molecule has 0 fully saturated rings. The normalized spacial score (nSPS) is 12.2. The number of allylic oxidation sites excluding steroid dienone is 1. The highest BCUT2D eigenvalue weighted by molar-refractivity contribution is 5.69. The summed E-state index contributed by atoms with van der Waals surface area (Å²) in [6, 6.07) is 0. The van der Waals surface area contributed by atoms with E-state index in [4.69, 9.17) is 4.74 Å².